The normalized spacial score (nSPS) is 11.9. The summed E-state index contributed by atoms with van der Waals surface area (Å²) in [5, 5.41) is 0. The monoisotopic (exact) mass is 1060 g/mol. The first kappa shape index (κ1) is 71.1. The van der Waals surface area contributed by atoms with E-state index in [1.54, 1.807) is 0 Å². The third-order valence-electron chi connectivity index (χ3n) is 12.9. The van der Waals surface area contributed by atoms with Gasteiger partial charge in [-0.1, -0.05) is 180 Å². The molecule has 14 heteroatoms. The van der Waals surface area contributed by atoms with Gasteiger partial charge in [-0.05, 0) is 91.1 Å². The quantitative estimate of drug-likeness (QED) is 0.0244. The van der Waals surface area contributed by atoms with E-state index in [4.69, 9.17) is 33.2 Å². The molecular weight excluding hydrogens is 955 g/mol. The molecule has 0 aliphatic rings. The van der Waals surface area contributed by atoms with Crippen molar-refractivity contribution in [3.8, 4) is 0 Å². The Kier molecular flexibility index (Phi) is 52.0. The van der Waals surface area contributed by atoms with E-state index < -0.39 is 36.3 Å². The maximum absolute atomic E-state index is 13.3. The lowest BCUT2D eigenvalue weighted by Gasteiger charge is -2.20. The molecule has 0 amide bonds. The summed E-state index contributed by atoms with van der Waals surface area (Å²) >= 11 is 0. The predicted molar refractivity (Wildman–Crippen MR) is 299 cm³/mol. The Bertz CT molecular complexity index is 1380. The zero-order chi connectivity index (χ0) is 55.1. The zero-order valence-electron chi connectivity index (χ0n) is 48.3. The summed E-state index contributed by atoms with van der Waals surface area (Å²) in [4.78, 5) is 77.8. The molecule has 436 valence electrons. The lowest BCUT2D eigenvalue weighted by molar-refractivity contribution is -0.167. The number of carbonyl (C=O) groups is 6. The van der Waals surface area contributed by atoms with Crippen LogP contribution in [0.4, 0.5) is 4.79 Å². The lowest BCUT2D eigenvalue weighted by Crippen LogP contribution is -2.31. The molecule has 0 aromatic carbocycles. The first-order chi connectivity index (χ1) is 36.5. The molecule has 0 saturated heterocycles. The van der Waals surface area contributed by atoms with Crippen molar-refractivity contribution in [3.05, 3.63) is 24.3 Å². The SMILES string of the molecule is CCCCCC/C=C\COC(=O)CCCCCCCC(=O)OCC(COC(=O)CCCCCCCC(=O)OC/C=C\CCCCCC)OC(=O)CCC(CCCCCCCCCCCC)OC(=O)OCCCN(C)C. The summed E-state index contributed by atoms with van der Waals surface area (Å²) in [5.41, 5.74) is 0. The van der Waals surface area contributed by atoms with Gasteiger partial charge in [0, 0.05) is 38.6 Å². The van der Waals surface area contributed by atoms with Crippen LogP contribution in [0.1, 0.15) is 265 Å². The van der Waals surface area contributed by atoms with Gasteiger partial charge >= 0.3 is 36.0 Å². The largest absolute Gasteiger partial charge is 0.508 e. The van der Waals surface area contributed by atoms with Crippen molar-refractivity contribution in [2.24, 2.45) is 0 Å². The number of unbranched alkanes of at least 4 members (excludes halogenated alkanes) is 25. The molecule has 1 unspecified atom stereocenters. The minimum absolute atomic E-state index is 0.0589. The average molecular weight is 1060 g/mol. The number of carbonyl (C=O) groups excluding carboxylic acids is 6. The molecule has 0 bridgehead atoms. The maximum atomic E-state index is 13.3. The van der Waals surface area contributed by atoms with Crippen molar-refractivity contribution in [2.45, 2.75) is 277 Å². The van der Waals surface area contributed by atoms with Crippen LogP contribution < -0.4 is 0 Å². The van der Waals surface area contributed by atoms with Gasteiger partial charge in [0.2, 0.25) is 0 Å². The van der Waals surface area contributed by atoms with Gasteiger partial charge in [-0.3, -0.25) is 24.0 Å². The minimum atomic E-state index is -1.02. The molecule has 14 nitrogen and oxygen atoms in total. The van der Waals surface area contributed by atoms with Gasteiger partial charge in [0.05, 0.1) is 6.61 Å². The highest BCUT2D eigenvalue weighted by molar-refractivity contribution is 5.71. The lowest BCUT2D eigenvalue weighted by atomic mass is 10.0. The van der Waals surface area contributed by atoms with Gasteiger partial charge < -0.3 is 38.1 Å². The van der Waals surface area contributed by atoms with Crippen molar-refractivity contribution in [1.82, 2.24) is 4.90 Å². The molecule has 0 aliphatic heterocycles. The van der Waals surface area contributed by atoms with Crippen LogP contribution in [-0.2, 0) is 57.1 Å². The Labute approximate surface area is 456 Å². The first-order valence-corrected chi connectivity index (χ1v) is 30.1. The number of hydrogen-bond donors (Lipinski definition) is 0. The van der Waals surface area contributed by atoms with Gasteiger partial charge in [-0.25, -0.2) is 4.79 Å². The van der Waals surface area contributed by atoms with Gasteiger partial charge in [-0.15, -0.1) is 0 Å². The molecule has 0 radical (unpaired) electrons. The van der Waals surface area contributed by atoms with E-state index in [2.05, 4.69) is 32.9 Å². The van der Waals surface area contributed by atoms with Crippen molar-refractivity contribution >= 4 is 36.0 Å². The van der Waals surface area contributed by atoms with Crippen LogP contribution in [0.25, 0.3) is 0 Å². The molecule has 1 atom stereocenters. The zero-order valence-corrected chi connectivity index (χ0v) is 48.3. The summed E-state index contributed by atoms with van der Waals surface area (Å²) in [5.74, 6) is -1.88. The van der Waals surface area contributed by atoms with E-state index in [1.165, 1.54) is 83.5 Å². The van der Waals surface area contributed by atoms with E-state index in [9.17, 15) is 28.8 Å². The number of ether oxygens (including phenoxy) is 7. The highest BCUT2D eigenvalue weighted by atomic mass is 16.7. The van der Waals surface area contributed by atoms with Crippen LogP contribution in [0, 0.1) is 0 Å². The molecule has 0 aliphatic carbocycles. The van der Waals surface area contributed by atoms with E-state index in [0.717, 1.165) is 103 Å². The summed E-state index contributed by atoms with van der Waals surface area (Å²) in [7, 11) is 3.90. The smallest absolute Gasteiger partial charge is 0.462 e. The van der Waals surface area contributed by atoms with E-state index >= 15 is 0 Å². The van der Waals surface area contributed by atoms with Crippen LogP contribution in [-0.4, -0.2) is 107 Å². The molecule has 0 spiro atoms. The molecule has 75 heavy (non-hydrogen) atoms. The summed E-state index contributed by atoms with van der Waals surface area (Å²) < 4.78 is 38.5. The highest BCUT2D eigenvalue weighted by Gasteiger charge is 2.23. The second-order valence-electron chi connectivity index (χ2n) is 20.5. The molecule has 0 N–H and O–H groups in total. The standard InChI is InChI=1S/C61H109NO13/c1-6-9-12-15-18-19-20-21-26-33-41-54(75-61(68)71-51-40-48-62(4)5)46-47-60(67)74-55(52-72-58(65)44-36-29-24-27-34-42-56(63)69-49-38-31-22-16-13-10-7-2)53-73-59(66)45-37-30-25-28-35-43-57(64)70-50-39-32-23-17-14-11-8-3/h31-32,38-39,54-55H,6-30,33-37,40-53H2,1-5H3/b38-31-,39-32-. The molecule has 0 fully saturated rings. The number of esters is 5. The van der Waals surface area contributed by atoms with E-state index in [-0.39, 0.29) is 57.4 Å². The first-order valence-electron chi connectivity index (χ1n) is 30.1. The highest BCUT2D eigenvalue weighted by Crippen LogP contribution is 2.18. The predicted octanol–water partition coefficient (Wildman–Crippen LogP) is 15.2. The van der Waals surface area contributed by atoms with Gasteiger partial charge in [0.15, 0.2) is 6.10 Å². The number of nitrogens with zero attached hydrogens (tertiary/aromatic N) is 1. The number of allylic oxidation sites excluding steroid dienone is 2. The Morgan fingerprint density at radius 1 is 0.360 bits per heavy atom. The van der Waals surface area contributed by atoms with Crippen molar-refractivity contribution < 1.29 is 61.9 Å². The Hall–Kier alpha value is -3.94. The van der Waals surface area contributed by atoms with Gasteiger partial charge in [-0.2, -0.15) is 0 Å². The van der Waals surface area contributed by atoms with Crippen LogP contribution >= 0.6 is 0 Å². The van der Waals surface area contributed by atoms with E-state index in [0.29, 0.717) is 51.7 Å². The summed E-state index contributed by atoms with van der Waals surface area (Å²) in [6, 6.07) is 0. The second kappa shape index (κ2) is 54.8. The summed E-state index contributed by atoms with van der Waals surface area (Å²) in [6.07, 6.45) is 39.2. The van der Waals surface area contributed by atoms with Crippen molar-refractivity contribution in [3.63, 3.8) is 0 Å². The van der Waals surface area contributed by atoms with Crippen molar-refractivity contribution in [2.75, 3.05) is 53.7 Å². The third kappa shape index (κ3) is 53.3. The average Bonchev–Trinajstić information content (AvgIpc) is 3.38. The molecule has 0 aromatic rings. The molecule has 0 aromatic heterocycles. The minimum Gasteiger partial charge on any atom is -0.462 e. The fraction of sp³-hybridized carbons (Fsp3) is 0.836. The van der Waals surface area contributed by atoms with Crippen LogP contribution in [0.5, 0.6) is 0 Å². The third-order valence-corrected chi connectivity index (χ3v) is 12.9. The van der Waals surface area contributed by atoms with E-state index in [1.807, 2.05) is 31.1 Å². The van der Waals surface area contributed by atoms with Crippen LogP contribution in [0.3, 0.4) is 0 Å². The fourth-order valence-electron chi connectivity index (χ4n) is 8.30. The van der Waals surface area contributed by atoms with Gasteiger partial charge in [0.1, 0.15) is 32.5 Å². The second-order valence-corrected chi connectivity index (χ2v) is 20.5. The molecule has 0 saturated carbocycles. The molecular formula is C61H109NO13. The van der Waals surface area contributed by atoms with Crippen LogP contribution in [0.15, 0.2) is 24.3 Å². The topological polar surface area (TPSA) is 170 Å². The summed E-state index contributed by atoms with van der Waals surface area (Å²) in [6.45, 7) is 7.67. The van der Waals surface area contributed by atoms with Gasteiger partial charge in [0.25, 0.3) is 0 Å². The Morgan fingerprint density at radius 2 is 0.747 bits per heavy atom. The number of rotatable bonds is 54. The van der Waals surface area contributed by atoms with Crippen molar-refractivity contribution in [1.29, 1.82) is 0 Å². The van der Waals surface area contributed by atoms with Crippen LogP contribution in [0.2, 0.25) is 0 Å². The molecule has 0 rings (SSSR count). The number of hydrogen-bond acceptors (Lipinski definition) is 14. The Morgan fingerprint density at radius 3 is 1.17 bits per heavy atom. The fourth-order valence-corrected chi connectivity index (χ4v) is 8.30. The maximum Gasteiger partial charge on any atom is 0.508 e. The molecule has 0 heterocycles. The Balaban J connectivity index is 5.09.